The fraction of sp³-hybridized carbons (Fsp3) is 0.553. The van der Waals surface area contributed by atoms with E-state index in [-0.39, 0.29) is 35.3 Å². The number of aromatic nitrogens is 1. The smallest absolute Gasteiger partial charge is 0.303 e. The lowest BCUT2D eigenvalue weighted by Gasteiger charge is -2.39. The van der Waals surface area contributed by atoms with E-state index in [0.29, 0.717) is 38.5 Å². The highest BCUT2D eigenvalue weighted by molar-refractivity contribution is 7.87. The van der Waals surface area contributed by atoms with Gasteiger partial charge >= 0.3 is 10.2 Å². The molecule has 2 unspecified atom stereocenters. The Morgan fingerprint density at radius 3 is 2.48 bits per heavy atom. The second-order valence-corrected chi connectivity index (χ2v) is 17.3. The van der Waals surface area contributed by atoms with Crippen molar-refractivity contribution < 1.29 is 27.5 Å². The number of rotatable bonds is 6. The number of carbonyl (C=O) groups is 3. The molecule has 0 bridgehead atoms. The average Bonchev–Trinajstić information content (AvgIpc) is 3.55. The van der Waals surface area contributed by atoms with Gasteiger partial charge in [-0.15, -0.1) is 0 Å². The van der Waals surface area contributed by atoms with E-state index in [4.69, 9.17) is 4.74 Å². The molecule has 4 atom stereocenters. The van der Waals surface area contributed by atoms with Gasteiger partial charge in [-0.3, -0.25) is 14.4 Å². The zero-order valence-electron chi connectivity index (χ0n) is 29.4. The molecule has 12 heteroatoms. The van der Waals surface area contributed by atoms with Crippen LogP contribution in [-0.2, 0) is 26.3 Å². The number of benzene rings is 2. The number of likely N-dealkylation sites (tertiary alicyclic amines) is 2. The highest BCUT2D eigenvalue weighted by Gasteiger charge is 2.65. The van der Waals surface area contributed by atoms with E-state index in [9.17, 15) is 18.0 Å². The molecule has 5 aliphatic rings. The SMILES string of the molecule is COc1ccc2c(c1)C1CC1(C(=O)N1CCC[C@H]3CN(C(C)=O)C[C@H]31)Cn1c-2c(C2CCCCC2)c2ccc(C(=O)NS(=O)(=O)N(C)C)cc21. The van der Waals surface area contributed by atoms with Crippen LogP contribution in [0.2, 0.25) is 0 Å². The van der Waals surface area contributed by atoms with Crippen molar-refractivity contribution in [2.45, 2.75) is 82.7 Å². The molecular formula is C38H47N5O6S. The van der Waals surface area contributed by atoms with E-state index in [1.807, 2.05) is 23.1 Å². The molecule has 0 radical (unpaired) electrons. The molecule has 2 saturated carbocycles. The molecule has 11 nitrogen and oxygen atoms in total. The molecule has 2 aliphatic carbocycles. The molecule has 3 aliphatic heterocycles. The van der Waals surface area contributed by atoms with Crippen molar-refractivity contribution >= 4 is 38.8 Å². The summed E-state index contributed by atoms with van der Waals surface area (Å²) in [5, 5.41) is 1.05. The quantitative estimate of drug-likeness (QED) is 0.392. The lowest BCUT2D eigenvalue weighted by atomic mass is 9.81. The fourth-order valence-electron chi connectivity index (χ4n) is 9.67. The molecule has 4 heterocycles. The highest BCUT2D eigenvalue weighted by Crippen LogP contribution is 2.66. The Balaban J connectivity index is 1.30. The van der Waals surface area contributed by atoms with Crippen LogP contribution in [0.3, 0.4) is 0 Å². The number of ether oxygens (including phenoxy) is 1. The zero-order chi connectivity index (χ0) is 35.1. The van der Waals surface area contributed by atoms with Gasteiger partial charge in [0.05, 0.1) is 24.3 Å². The minimum Gasteiger partial charge on any atom is -0.497 e. The van der Waals surface area contributed by atoms with Gasteiger partial charge in [-0.2, -0.15) is 12.7 Å². The third-order valence-electron chi connectivity index (χ3n) is 12.4. The normalized spacial score (nSPS) is 26.1. The number of nitrogens with zero attached hydrogens (tertiary/aromatic N) is 4. The predicted octanol–water partition coefficient (Wildman–Crippen LogP) is 4.86. The summed E-state index contributed by atoms with van der Waals surface area (Å²) >= 11 is 0. The van der Waals surface area contributed by atoms with Crippen LogP contribution in [0, 0.1) is 11.3 Å². The van der Waals surface area contributed by atoms with Crippen LogP contribution in [0.5, 0.6) is 5.75 Å². The van der Waals surface area contributed by atoms with Gasteiger partial charge in [0.25, 0.3) is 5.91 Å². The molecule has 0 spiro atoms. The van der Waals surface area contributed by atoms with Crippen molar-refractivity contribution in [3.8, 4) is 17.0 Å². The molecule has 266 valence electrons. The van der Waals surface area contributed by atoms with E-state index in [2.05, 4.69) is 26.3 Å². The van der Waals surface area contributed by atoms with Gasteiger partial charge < -0.3 is 19.1 Å². The summed E-state index contributed by atoms with van der Waals surface area (Å²) in [6, 6.07) is 11.8. The minimum absolute atomic E-state index is 0.00309. The van der Waals surface area contributed by atoms with E-state index in [1.165, 1.54) is 26.1 Å². The fourth-order valence-corrected chi connectivity index (χ4v) is 10.2. The van der Waals surface area contributed by atoms with Crippen LogP contribution in [0.25, 0.3) is 22.2 Å². The first-order valence-corrected chi connectivity index (χ1v) is 19.5. The summed E-state index contributed by atoms with van der Waals surface area (Å²) in [4.78, 5) is 45.0. The largest absolute Gasteiger partial charge is 0.497 e. The first-order chi connectivity index (χ1) is 23.9. The first kappa shape index (κ1) is 33.3. The van der Waals surface area contributed by atoms with Crippen LogP contribution >= 0.6 is 0 Å². The topological polar surface area (TPSA) is 121 Å². The number of methoxy groups -OCH3 is 1. The van der Waals surface area contributed by atoms with Gasteiger partial charge in [0.2, 0.25) is 11.8 Å². The van der Waals surface area contributed by atoms with Gasteiger partial charge in [0, 0.05) is 75.1 Å². The number of piperidine rings is 1. The Morgan fingerprint density at radius 2 is 1.76 bits per heavy atom. The molecule has 2 saturated heterocycles. The van der Waals surface area contributed by atoms with Crippen LogP contribution in [0.1, 0.15) is 91.6 Å². The van der Waals surface area contributed by atoms with Crippen molar-refractivity contribution in [1.82, 2.24) is 23.4 Å². The highest BCUT2D eigenvalue weighted by atomic mass is 32.2. The van der Waals surface area contributed by atoms with E-state index in [0.717, 1.165) is 76.3 Å². The monoisotopic (exact) mass is 701 g/mol. The van der Waals surface area contributed by atoms with Crippen LogP contribution < -0.4 is 9.46 Å². The molecule has 3 aromatic rings. The number of amides is 3. The molecule has 1 N–H and O–H groups in total. The third-order valence-corrected chi connectivity index (χ3v) is 13.8. The Kier molecular flexibility index (Phi) is 8.06. The van der Waals surface area contributed by atoms with Gasteiger partial charge in [0.15, 0.2) is 0 Å². The number of carbonyl (C=O) groups excluding carboxylic acids is 3. The second-order valence-electron chi connectivity index (χ2n) is 15.4. The number of hydrogen-bond donors (Lipinski definition) is 1. The van der Waals surface area contributed by atoms with E-state index in [1.54, 1.807) is 20.1 Å². The Bertz CT molecular complexity index is 2020. The Hall–Kier alpha value is -3.90. The summed E-state index contributed by atoms with van der Waals surface area (Å²) in [6.45, 7) is 4.03. The number of nitrogens with one attached hydrogen (secondary N) is 1. The summed E-state index contributed by atoms with van der Waals surface area (Å²) in [7, 11) is 0.440. The lowest BCUT2D eigenvalue weighted by molar-refractivity contribution is -0.142. The van der Waals surface area contributed by atoms with E-state index < -0.39 is 21.5 Å². The van der Waals surface area contributed by atoms with Gasteiger partial charge in [-0.25, -0.2) is 4.72 Å². The minimum atomic E-state index is -3.99. The molecular weight excluding hydrogens is 655 g/mol. The van der Waals surface area contributed by atoms with Gasteiger partial charge in [0.1, 0.15) is 5.75 Å². The van der Waals surface area contributed by atoms with Crippen LogP contribution in [-0.4, -0.2) is 91.7 Å². The lowest BCUT2D eigenvalue weighted by Crippen LogP contribution is -2.52. The summed E-state index contributed by atoms with van der Waals surface area (Å²) in [5.74, 6) is 0.872. The predicted molar refractivity (Wildman–Crippen MR) is 190 cm³/mol. The number of hydrogen-bond acceptors (Lipinski definition) is 6. The Labute approximate surface area is 294 Å². The standard InChI is InChI=1S/C38H47N5O6S/c1-23(44)41-20-26-11-8-16-42(33(26)21-41)37(46)38-19-31(38)30-18-27(49-4)13-15-28(30)35-34(24-9-6-5-7-10-24)29-14-12-25(17-32(29)43(35)22-38)36(45)39-50(47,48)40(2)3/h12-15,17-18,24,26,31,33H,5-11,16,19-22H2,1-4H3,(H,39,45)/t26-,31?,33+,38?/m0/s1. The van der Waals surface area contributed by atoms with Gasteiger partial charge in [-0.05, 0) is 85.4 Å². The summed E-state index contributed by atoms with van der Waals surface area (Å²) < 4.78 is 36.4. The van der Waals surface area contributed by atoms with Crippen molar-refractivity contribution in [1.29, 1.82) is 0 Å². The van der Waals surface area contributed by atoms with E-state index >= 15 is 4.79 Å². The third kappa shape index (κ3) is 5.23. The van der Waals surface area contributed by atoms with Crippen molar-refractivity contribution in [2.24, 2.45) is 11.3 Å². The first-order valence-electron chi connectivity index (χ1n) is 18.1. The molecule has 1 aromatic heterocycles. The van der Waals surface area contributed by atoms with Crippen molar-refractivity contribution in [3.63, 3.8) is 0 Å². The molecule has 3 amide bonds. The van der Waals surface area contributed by atoms with Crippen molar-refractivity contribution in [3.05, 3.63) is 53.1 Å². The molecule has 2 aromatic carbocycles. The maximum Gasteiger partial charge on any atom is 0.303 e. The molecule has 4 fully saturated rings. The average molecular weight is 702 g/mol. The zero-order valence-corrected chi connectivity index (χ0v) is 30.2. The summed E-state index contributed by atoms with van der Waals surface area (Å²) in [6.07, 6.45) is 8.28. The molecule has 8 rings (SSSR count). The van der Waals surface area contributed by atoms with Gasteiger partial charge in [-0.1, -0.05) is 25.3 Å². The molecule has 50 heavy (non-hydrogen) atoms. The summed E-state index contributed by atoms with van der Waals surface area (Å²) in [5.41, 5.74) is 4.98. The van der Waals surface area contributed by atoms with Crippen LogP contribution in [0.4, 0.5) is 0 Å². The van der Waals surface area contributed by atoms with Crippen LogP contribution in [0.15, 0.2) is 36.4 Å². The maximum atomic E-state index is 15.1. The Morgan fingerprint density at radius 1 is 0.980 bits per heavy atom. The second kappa shape index (κ2) is 12.1. The number of fused-ring (bicyclic) bond motifs is 8. The van der Waals surface area contributed by atoms with Crippen molar-refractivity contribution in [2.75, 3.05) is 40.8 Å². The maximum absolute atomic E-state index is 15.1.